The summed E-state index contributed by atoms with van der Waals surface area (Å²) in [5.41, 5.74) is 4.16. The number of hydrogen-bond donors (Lipinski definition) is 2. The number of nitrogens with one attached hydrogen (secondary N) is 2. The SMILES string of the molecule is CCc1cccc(CC)c1NC(=O)Cn1nnc(-c2ccc(NC(C)=O)c(Cl)c2)n1. The van der Waals surface area contributed by atoms with Crippen LogP contribution in [-0.4, -0.2) is 32.0 Å². The first-order valence-electron chi connectivity index (χ1n) is 9.67. The fourth-order valence-corrected chi connectivity index (χ4v) is 3.31. The number of aromatic nitrogens is 4. The lowest BCUT2D eigenvalue weighted by atomic mass is 10.0. The molecule has 9 heteroatoms. The van der Waals surface area contributed by atoms with E-state index in [4.69, 9.17) is 11.6 Å². The average molecular weight is 427 g/mol. The molecule has 8 nitrogen and oxygen atoms in total. The number of aryl methyl sites for hydroxylation is 2. The van der Waals surface area contributed by atoms with Crippen molar-refractivity contribution in [2.75, 3.05) is 10.6 Å². The number of rotatable bonds is 7. The van der Waals surface area contributed by atoms with Gasteiger partial charge in [0.15, 0.2) is 0 Å². The molecule has 0 bridgehead atoms. The van der Waals surface area contributed by atoms with Crippen molar-refractivity contribution in [3.8, 4) is 11.4 Å². The van der Waals surface area contributed by atoms with Crippen LogP contribution in [-0.2, 0) is 29.0 Å². The molecule has 2 amide bonds. The van der Waals surface area contributed by atoms with Gasteiger partial charge >= 0.3 is 0 Å². The molecule has 0 fully saturated rings. The minimum absolute atomic E-state index is 0.0636. The van der Waals surface area contributed by atoms with Crippen LogP contribution in [0.5, 0.6) is 0 Å². The van der Waals surface area contributed by atoms with Gasteiger partial charge in [-0.3, -0.25) is 9.59 Å². The Kier molecular flexibility index (Phi) is 6.79. The summed E-state index contributed by atoms with van der Waals surface area (Å²) in [5, 5.41) is 18.2. The zero-order chi connectivity index (χ0) is 21.7. The van der Waals surface area contributed by atoms with E-state index in [0.29, 0.717) is 22.1 Å². The fourth-order valence-electron chi connectivity index (χ4n) is 3.08. The molecule has 2 N–H and O–H groups in total. The number of hydrogen-bond acceptors (Lipinski definition) is 5. The number of carbonyl (C=O) groups excluding carboxylic acids is 2. The number of anilines is 2. The highest BCUT2D eigenvalue weighted by atomic mass is 35.5. The number of tetrazole rings is 1. The third-order valence-electron chi connectivity index (χ3n) is 4.54. The van der Waals surface area contributed by atoms with E-state index >= 15 is 0 Å². The maximum absolute atomic E-state index is 12.6. The van der Waals surface area contributed by atoms with Crippen molar-refractivity contribution in [3.63, 3.8) is 0 Å². The summed E-state index contributed by atoms with van der Waals surface area (Å²) in [6, 6.07) is 11.0. The predicted molar refractivity (Wildman–Crippen MR) is 116 cm³/mol. The Hall–Kier alpha value is -3.26. The molecular formula is C21H23ClN6O2. The third-order valence-corrected chi connectivity index (χ3v) is 4.85. The Bertz CT molecular complexity index is 1060. The summed E-state index contributed by atoms with van der Waals surface area (Å²) < 4.78 is 0. The van der Waals surface area contributed by atoms with Gasteiger partial charge in [-0.2, -0.15) is 4.80 Å². The smallest absolute Gasteiger partial charge is 0.248 e. The number of nitrogens with zero attached hydrogens (tertiary/aromatic N) is 4. The van der Waals surface area contributed by atoms with Crippen LogP contribution in [0.25, 0.3) is 11.4 Å². The number of benzene rings is 2. The molecule has 0 aliphatic heterocycles. The van der Waals surface area contributed by atoms with E-state index in [1.54, 1.807) is 18.2 Å². The van der Waals surface area contributed by atoms with Gasteiger partial charge in [-0.25, -0.2) is 0 Å². The third kappa shape index (κ3) is 5.01. The molecular weight excluding hydrogens is 404 g/mol. The van der Waals surface area contributed by atoms with Crippen molar-refractivity contribution >= 4 is 34.8 Å². The average Bonchev–Trinajstić information content (AvgIpc) is 3.17. The first-order valence-corrected chi connectivity index (χ1v) is 10.0. The van der Waals surface area contributed by atoms with Crippen LogP contribution in [0, 0.1) is 0 Å². The van der Waals surface area contributed by atoms with Crippen LogP contribution < -0.4 is 10.6 Å². The zero-order valence-corrected chi connectivity index (χ0v) is 17.8. The lowest BCUT2D eigenvalue weighted by Crippen LogP contribution is -2.22. The van der Waals surface area contributed by atoms with Crippen molar-refractivity contribution < 1.29 is 9.59 Å². The van der Waals surface area contributed by atoms with Crippen LogP contribution in [0.2, 0.25) is 5.02 Å². The molecule has 0 atom stereocenters. The molecule has 3 aromatic rings. The lowest BCUT2D eigenvalue weighted by molar-refractivity contribution is -0.117. The normalized spacial score (nSPS) is 10.7. The van der Waals surface area contributed by atoms with E-state index < -0.39 is 0 Å². The van der Waals surface area contributed by atoms with Crippen LogP contribution >= 0.6 is 11.6 Å². The standard InChI is InChI=1S/C21H23ClN6O2/c1-4-14-7-6-8-15(5-2)20(14)24-19(30)12-28-26-21(25-27-28)16-9-10-18(17(22)11-16)23-13(3)29/h6-11H,4-5,12H2,1-3H3,(H,23,29)(H,24,30). The van der Waals surface area contributed by atoms with Gasteiger partial charge < -0.3 is 10.6 Å². The molecule has 0 saturated heterocycles. The predicted octanol–water partition coefficient (Wildman–Crippen LogP) is 3.72. The second kappa shape index (κ2) is 9.49. The van der Waals surface area contributed by atoms with Crippen molar-refractivity contribution in [1.29, 1.82) is 0 Å². The maximum Gasteiger partial charge on any atom is 0.248 e. The summed E-state index contributed by atoms with van der Waals surface area (Å²) in [5.74, 6) is -0.105. The van der Waals surface area contributed by atoms with Crippen molar-refractivity contribution in [2.24, 2.45) is 0 Å². The molecule has 3 rings (SSSR count). The van der Waals surface area contributed by atoms with E-state index in [9.17, 15) is 9.59 Å². The van der Waals surface area contributed by atoms with Gasteiger partial charge in [0, 0.05) is 18.2 Å². The lowest BCUT2D eigenvalue weighted by Gasteiger charge is -2.14. The quantitative estimate of drug-likeness (QED) is 0.599. The minimum Gasteiger partial charge on any atom is -0.325 e. The maximum atomic E-state index is 12.6. The van der Waals surface area contributed by atoms with E-state index in [2.05, 4.69) is 39.9 Å². The number of halogens is 1. The summed E-state index contributed by atoms with van der Waals surface area (Å²) in [6.07, 6.45) is 1.65. The van der Waals surface area contributed by atoms with E-state index in [1.807, 2.05) is 18.2 Å². The van der Waals surface area contributed by atoms with Gasteiger partial charge in [-0.15, -0.1) is 10.2 Å². The topological polar surface area (TPSA) is 102 Å². The van der Waals surface area contributed by atoms with Crippen LogP contribution in [0.1, 0.15) is 31.9 Å². The molecule has 30 heavy (non-hydrogen) atoms. The largest absolute Gasteiger partial charge is 0.325 e. The molecule has 1 heterocycles. The molecule has 1 aromatic heterocycles. The summed E-state index contributed by atoms with van der Waals surface area (Å²) in [6.45, 7) is 5.45. The monoisotopic (exact) mass is 426 g/mol. The molecule has 0 aliphatic carbocycles. The van der Waals surface area contributed by atoms with Crippen molar-refractivity contribution in [2.45, 2.75) is 40.2 Å². The van der Waals surface area contributed by atoms with Gasteiger partial charge in [-0.05, 0) is 47.4 Å². The Morgan fingerprint density at radius 1 is 1.07 bits per heavy atom. The highest BCUT2D eigenvalue weighted by Crippen LogP contribution is 2.27. The molecule has 0 spiro atoms. The minimum atomic E-state index is -0.228. The highest BCUT2D eigenvalue weighted by molar-refractivity contribution is 6.34. The Morgan fingerprint density at radius 3 is 2.37 bits per heavy atom. The van der Waals surface area contributed by atoms with Gasteiger partial charge in [0.25, 0.3) is 0 Å². The van der Waals surface area contributed by atoms with Crippen molar-refractivity contribution in [3.05, 3.63) is 52.5 Å². The van der Waals surface area contributed by atoms with Crippen LogP contribution in [0.3, 0.4) is 0 Å². The molecule has 0 unspecified atom stereocenters. The number of amides is 2. The molecule has 0 aliphatic rings. The van der Waals surface area contributed by atoms with Gasteiger partial charge in [0.1, 0.15) is 6.54 Å². The fraction of sp³-hybridized carbons (Fsp3) is 0.286. The van der Waals surface area contributed by atoms with E-state index in [0.717, 1.165) is 29.7 Å². The zero-order valence-electron chi connectivity index (χ0n) is 17.1. The summed E-state index contributed by atoms with van der Waals surface area (Å²) in [4.78, 5) is 25.0. The molecule has 0 saturated carbocycles. The molecule has 2 aromatic carbocycles. The second-order valence-corrected chi connectivity index (χ2v) is 7.13. The summed E-state index contributed by atoms with van der Waals surface area (Å²) >= 11 is 6.20. The Labute approximate surface area is 179 Å². The van der Waals surface area contributed by atoms with E-state index in [1.165, 1.54) is 11.7 Å². The summed E-state index contributed by atoms with van der Waals surface area (Å²) in [7, 11) is 0. The Balaban J connectivity index is 1.73. The first kappa shape index (κ1) is 21.4. The number of carbonyl (C=O) groups is 2. The van der Waals surface area contributed by atoms with Crippen LogP contribution in [0.15, 0.2) is 36.4 Å². The van der Waals surface area contributed by atoms with Crippen molar-refractivity contribution in [1.82, 2.24) is 20.2 Å². The second-order valence-electron chi connectivity index (χ2n) is 6.73. The van der Waals surface area contributed by atoms with Gasteiger partial charge in [0.2, 0.25) is 17.6 Å². The molecule has 156 valence electrons. The first-order chi connectivity index (χ1) is 14.4. The molecule has 0 radical (unpaired) electrons. The Morgan fingerprint density at radius 2 is 1.77 bits per heavy atom. The van der Waals surface area contributed by atoms with Crippen LogP contribution in [0.4, 0.5) is 11.4 Å². The number of para-hydroxylation sites is 1. The highest BCUT2D eigenvalue weighted by Gasteiger charge is 2.14. The van der Waals surface area contributed by atoms with Gasteiger partial charge in [0.05, 0.1) is 10.7 Å². The van der Waals surface area contributed by atoms with Gasteiger partial charge in [-0.1, -0.05) is 43.6 Å². The van der Waals surface area contributed by atoms with E-state index in [-0.39, 0.29) is 18.4 Å².